The molecule has 0 saturated carbocycles. The fourth-order valence-corrected chi connectivity index (χ4v) is 5.87. The van der Waals surface area contributed by atoms with Crippen molar-refractivity contribution in [2.45, 2.75) is 36.9 Å². The molecule has 36 heavy (non-hydrogen) atoms. The van der Waals surface area contributed by atoms with Crippen LogP contribution >= 0.6 is 23.3 Å². The number of nitrogens with one attached hydrogen (secondary N) is 1. The molecule has 0 bridgehead atoms. The number of carbonyl (C=O) groups is 3. The van der Waals surface area contributed by atoms with Gasteiger partial charge in [-0.15, -0.1) is 11.8 Å². The number of rotatable bonds is 8. The topological polar surface area (TPSA) is 164 Å². The fraction of sp³-hybridized carbons (Fsp3) is 0.318. The highest BCUT2D eigenvalue weighted by Gasteiger charge is 2.54. The van der Waals surface area contributed by atoms with E-state index in [4.69, 9.17) is 10.6 Å². The van der Waals surface area contributed by atoms with Crippen molar-refractivity contribution >= 4 is 51.9 Å². The summed E-state index contributed by atoms with van der Waals surface area (Å²) in [5.41, 5.74) is 6.03. The van der Waals surface area contributed by atoms with Crippen molar-refractivity contribution in [2.75, 3.05) is 11.5 Å². The van der Waals surface area contributed by atoms with Gasteiger partial charge in [0.05, 0.1) is 0 Å². The molecule has 3 aliphatic rings. The number of β-lactam (4-membered cyclic amide) rings is 1. The van der Waals surface area contributed by atoms with Crippen LogP contribution in [-0.2, 0) is 25.8 Å². The van der Waals surface area contributed by atoms with E-state index in [9.17, 15) is 19.5 Å². The number of allylic oxidation sites excluding steroid dienone is 1. The summed E-state index contributed by atoms with van der Waals surface area (Å²) < 4.78 is 5.89. The molecule has 2 unspecified atom stereocenters. The van der Waals surface area contributed by atoms with Crippen LogP contribution in [0.25, 0.3) is 0 Å². The van der Waals surface area contributed by atoms with Gasteiger partial charge in [0, 0.05) is 35.0 Å². The number of aliphatic carboxylic acids is 1. The second kappa shape index (κ2) is 10.1. The molecule has 1 fully saturated rings. The number of oxime groups is 1. The number of nitrogen functional groups attached to an aromatic ring is 1. The van der Waals surface area contributed by atoms with Gasteiger partial charge in [-0.3, -0.25) is 14.5 Å². The van der Waals surface area contributed by atoms with Crippen LogP contribution in [0, 0.1) is 0 Å². The molecule has 1 aliphatic carbocycles. The van der Waals surface area contributed by atoms with Crippen LogP contribution in [0.4, 0.5) is 5.13 Å². The first-order valence-electron chi connectivity index (χ1n) is 11.1. The van der Waals surface area contributed by atoms with Crippen molar-refractivity contribution in [3.63, 3.8) is 0 Å². The van der Waals surface area contributed by atoms with E-state index in [-0.39, 0.29) is 28.5 Å². The summed E-state index contributed by atoms with van der Waals surface area (Å²) in [4.78, 5) is 49.0. The molecule has 14 heteroatoms. The van der Waals surface area contributed by atoms with Gasteiger partial charge >= 0.3 is 5.97 Å². The van der Waals surface area contributed by atoms with Crippen LogP contribution < -0.4 is 15.6 Å². The Kier molecular flexibility index (Phi) is 6.69. The predicted molar refractivity (Wildman–Crippen MR) is 130 cm³/mol. The summed E-state index contributed by atoms with van der Waals surface area (Å²) >= 11 is 2.29. The van der Waals surface area contributed by atoms with E-state index < -0.39 is 29.2 Å². The minimum atomic E-state index is -1.19. The maximum absolute atomic E-state index is 13.1. The number of pyridine rings is 1. The van der Waals surface area contributed by atoms with Crippen molar-refractivity contribution in [1.82, 2.24) is 19.6 Å². The van der Waals surface area contributed by atoms with Gasteiger partial charge in [-0.05, 0) is 18.9 Å². The quantitative estimate of drug-likeness (QED) is 0.144. The summed E-state index contributed by atoms with van der Waals surface area (Å²) in [6, 6.07) is 4.62. The van der Waals surface area contributed by atoms with Crippen molar-refractivity contribution in [3.8, 4) is 0 Å². The highest BCUT2D eigenvalue weighted by molar-refractivity contribution is 8.00. The highest BCUT2D eigenvalue weighted by Crippen LogP contribution is 2.40. The first-order valence-corrected chi connectivity index (χ1v) is 12.9. The first kappa shape index (κ1) is 23.9. The summed E-state index contributed by atoms with van der Waals surface area (Å²) in [5, 5.41) is 16.1. The number of thioether (sulfide) groups is 1. The Bertz CT molecular complexity index is 1290. The van der Waals surface area contributed by atoms with E-state index in [1.807, 2.05) is 47.3 Å². The lowest BCUT2D eigenvalue weighted by molar-refractivity contribution is -0.689. The Morgan fingerprint density at radius 3 is 2.81 bits per heavy atom. The third-order valence-electron chi connectivity index (χ3n) is 5.80. The van der Waals surface area contributed by atoms with E-state index in [1.54, 1.807) is 0 Å². The summed E-state index contributed by atoms with van der Waals surface area (Å²) in [7, 11) is 0. The van der Waals surface area contributed by atoms with Crippen molar-refractivity contribution in [1.29, 1.82) is 0 Å². The number of nitrogens with two attached hydrogens (primary N) is 1. The van der Waals surface area contributed by atoms with Crippen molar-refractivity contribution < 1.29 is 28.9 Å². The van der Waals surface area contributed by atoms with Gasteiger partial charge in [0.2, 0.25) is 11.5 Å². The van der Waals surface area contributed by atoms with E-state index in [0.717, 1.165) is 24.4 Å². The number of anilines is 1. The zero-order valence-corrected chi connectivity index (χ0v) is 20.4. The molecule has 186 valence electrons. The molecular weight excluding hydrogens is 506 g/mol. The Hall–Kier alpha value is -3.78. The van der Waals surface area contributed by atoms with Crippen LogP contribution in [0.15, 0.2) is 59.2 Å². The fourth-order valence-electron chi connectivity index (χ4n) is 4.10. The smallest absolute Gasteiger partial charge is 0.352 e. The molecule has 2 amide bonds. The van der Waals surface area contributed by atoms with Crippen LogP contribution in [0.2, 0.25) is 0 Å². The second-order valence-electron chi connectivity index (χ2n) is 8.21. The Balaban J connectivity index is 1.34. The lowest BCUT2D eigenvalue weighted by Crippen LogP contribution is -2.71. The van der Waals surface area contributed by atoms with Gasteiger partial charge in [0.1, 0.15) is 23.2 Å². The molecule has 1 saturated heterocycles. The number of aromatic nitrogens is 3. The van der Waals surface area contributed by atoms with Gasteiger partial charge in [0.15, 0.2) is 24.1 Å². The number of amides is 2. The van der Waals surface area contributed by atoms with Gasteiger partial charge < -0.3 is 21.0 Å². The molecule has 0 spiro atoms. The normalized spacial score (nSPS) is 23.3. The Morgan fingerprint density at radius 1 is 1.33 bits per heavy atom. The highest BCUT2D eigenvalue weighted by atomic mass is 32.2. The lowest BCUT2D eigenvalue weighted by Gasteiger charge is -2.49. The van der Waals surface area contributed by atoms with E-state index in [1.165, 1.54) is 16.7 Å². The van der Waals surface area contributed by atoms with E-state index in [2.05, 4.69) is 19.8 Å². The second-order valence-corrected chi connectivity index (χ2v) is 10.1. The molecular formula is C22H22N7O5S2+. The molecule has 2 aliphatic heterocycles. The summed E-state index contributed by atoms with van der Waals surface area (Å²) in [5.74, 6) is -2.03. The monoisotopic (exact) mass is 528 g/mol. The number of nitrogens with zero attached hydrogens (tertiary/aromatic N) is 5. The molecule has 4 N–H and O–H groups in total. The standard InChI is InChI=1S/C22H21N7O5S2/c23-22-25-17(27-36-22)14(26-34-13-6-2-3-7-13)18(30)24-15-19(31)29-16(21(32)33)12(11-35-20(15)29)10-28-8-4-1-5-9-28/h1-2,4-6,8-9,13,15,20H,3,7,10-11H2,(H3-,23,24,25,27,30,32,33)/p+1/b26-14-/t13?,15?,20-/m1/s1. The van der Waals surface area contributed by atoms with Crippen LogP contribution in [-0.4, -0.2) is 66.1 Å². The molecule has 0 radical (unpaired) electrons. The summed E-state index contributed by atoms with van der Waals surface area (Å²) in [6.45, 7) is 0.337. The number of carboxylic acid groups (broad SMARTS) is 1. The Labute approximate surface area is 213 Å². The lowest BCUT2D eigenvalue weighted by atomic mass is 10.0. The maximum Gasteiger partial charge on any atom is 0.352 e. The molecule has 4 heterocycles. The number of fused-ring (bicyclic) bond motifs is 1. The largest absolute Gasteiger partial charge is 0.477 e. The predicted octanol–water partition coefficient (Wildman–Crippen LogP) is 0.286. The zero-order valence-electron chi connectivity index (χ0n) is 18.8. The molecule has 2 aromatic heterocycles. The molecule has 3 atom stereocenters. The molecule has 5 rings (SSSR count). The third kappa shape index (κ3) is 4.68. The number of hydrogen-bond acceptors (Lipinski definition) is 10. The van der Waals surface area contributed by atoms with Gasteiger partial charge in [-0.2, -0.15) is 9.36 Å². The average molecular weight is 529 g/mol. The number of hydrogen-bond donors (Lipinski definition) is 3. The van der Waals surface area contributed by atoms with Gasteiger partial charge in [0.25, 0.3) is 11.8 Å². The van der Waals surface area contributed by atoms with Gasteiger partial charge in [-0.25, -0.2) is 9.36 Å². The number of carbonyl (C=O) groups excluding carboxylic acids is 2. The van der Waals surface area contributed by atoms with Gasteiger partial charge in [-0.1, -0.05) is 17.3 Å². The minimum absolute atomic E-state index is 0.00908. The minimum Gasteiger partial charge on any atom is -0.477 e. The summed E-state index contributed by atoms with van der Waals surface area (Å²) in [6.07, 6.45) is 8.76. The molecule has 12 nitrogen and oxygen atoms in total. The van der Waals surface area contributed by atoms with Crippen LogP contribution in [0.1, 0.15) is 18.7 Å². The average Bonchev–Trinajstić information content (AvgIpc) is 3.55. The third-order valence-corrected chi connectivity index (χ3v) is 7.69. The maximum atomic E-state index is 13.1. The SMILES string of the molecule is Nc1nc(/C(=N/OC2C=CCC2)C(=O)NC2C(=O)N3C(C(=O)O)=C(C[n+]4ccccc4)CS[C@H]23)ns1. The van der Waals surface area contributed by atoms with Crippen molar-refractivity contribution in [3.05, 3.63) is 59.8 Å². The van der Waals surface area contributed by atoms with Crippen LogP contribution in [0.3, 0.4) is 0 Å². The first-order chi connectivity index (χ1) is 17.4. The Morgan fingerprint density at radius 2 is 2.14 bits per heavy atom. The molecule has 0 aromatic carbocycles. The molecule has 2 aromatic rings. The zero-order chi connectivity index (χ0) is 25.2. The number of carboxylic acids is 1. The van der Waals surface area contributed by atoms with Crippen LogP contribution in [0.5, 0.6) is 0 Å². The van der Waals surface area contributed by atoms with E-state index in [0.29, 0.717) is 17.9 Å². The van der Waals surface area contributed by atoms with Crippen molar-refractivity contribution in [2.24, 2.45) is 5.16 Å². The van der Waals surface area contributed by atoms with E-state index >= 15 is 0 Å².